The topological polar surface area (TPSA) is 20.3 Å². The average molecular weight is 343 g/mol. The summed E-state index contributed by atoms with van der Waals surface area (Å²) in [6.45, 7) is 0.891. The molecule has 0 bridgehead atoms. The highest BCUT2D eigenvalue weighted by Gasteiger charge is 2.15. The number of benzene rings is 2. The minimum Gasteiger partial charge on any atom is -0.333 e. The predicted octanol–water partition coefficient (Wildman–Crippen LogP) is 4.76. The molecule has 0 heterocycles. The Kier molecular flexibility index (Phi) is 5.92. The second-order valence-electron chi connectivity index (χ2n) is 4.60. The SMILES string of the molecule is O=C(CCl)N(Cc1ccccc1)Cc1ccc(Cl)cc1Cl. The van der Waals surface area contributed by atoms with Gasteiger partial charge in [-0.2, -0.15) is 0 Å². The number of amides is 1. The molecule has 5 heteroatoms. The molecule has 0 saturated carbocycles. The van der Waals surface area contributed by atoms with Crippen LogP contribution >= 0.6 is 34.8 Å². The van der Waals surface area contributed by atoms with E-state index in [1.54, 1.807) is 17.0 Å². The number of halogens is 3. The Bertz CT molecular complexity index is 616. The van der Waals surface area contributed by atoms with Crippen LogP contribution in [0.5, 0.6) is 0 Å². The number of hydrogen-bond donors (Lipinski definition) is 0. The zero-order valence-corrected chi connectivity index (χ0v) is 13.5. The van der Waals surface area contributed by atoms with Crippen LogP contribution in [0.15, 0.2) is 48.5 Å². The van der Waals surface area contributed by atoms with Crippen molar-refractivity contribution in [1.82, 2.24) is 4.90 Å². The minimum absolute atomic E-state index is 0.0575. The van der Waals surface area contributed by atoms with Gasteiger partial charge in [-0.1, -0.05) is 59.6 Å². The lowest BCUT2D eigenvalue weighted by Crippen LogP contribution is -2.31. The number of rotatable bonds is 5. The number of nitrogens with zero attached hydrogens (tertiary/aromatic N) is 1. The highest BCUT2D eigenvalue weighted by molar-refractivity contribution is 6.35. The van der Waals surface area contributed by atoms with Crippen molar-refractivity contribution in [1.29, 1.82) is 0 Å². The van der Waals surface area contributed by atoms with E-state index in [1.807, 2.05) is 36.4 Å². The first-order valence-corrected chi connectivity index (χ1v) is 7.71. The molecule has 0 spiro atoms. The van der Waals surface area contributed by atoms with Crippen molar-refractivity contribution in [2.45, 2.75) is 13.1 Å². The fourth-order valence-electron chi connectivity index (χ4n) is 1.98. The van der Waals surface area contributed by atoms with Gasteiger partial charge in [0.1, 0.15) is 5.88 Å². The van der Waals surface area contributed by atoms with Gasteiger partial charge in [-0.25, -0.2) is 0 Å². The monoisotopic (exact) mass is 341 g/mol. The summed E-state index contributed by atoms with van der Waals surface area (Å²) >= 11 is 17.8. The van der Waals surface area contributed by atoms with Gasteiger partial charge in [0.15, 0.2) is 0 Å². The van der Waals surface area contributed by atoms with Crippen LogP contribution in [-0.4, -0.2) is 16.7 Å². The molecule has 0 aromatic heterocycles. The van der Waals surface area contributed by atoms with Crippen molar-refractivity contribution >= 4 is 40.7 Å². The maximum Gasteiger partial charge on any atom is 0.238 e. The zero-order chi connectivity index (χ0) is 15.2. The van der Waals surface area contributed by atoms with Crippen LogP contribution in [0.1, 0.15) is 11.1 Å². The minimum atomic E-state index is -0.133. The molecule has 0 unspecified atom stereocenters. The molecule has 0 fully saturated rings. The molecule has 0 aliphatic carbocycles. The Morgan fingerprint density at radius 1 is 1.00 bits per heavy atom. The third kappa shape index (κ3) is 4.63. The van der Waals surface area contributed by atoms with Gasteiger partial charge in [-0.05, 0) is 23.3 Å². The Labute approximate surface area is 139 Å². The van der Waals surface area contributed by atoms with Crippen LogP contribution < -0.4 is 0 Å². The van der Waals surface area contributed by atoms with E-state index in [2.05, 4.69) is 0 Å². The fraction of sp³-hybridized carbons (Fsp3) is 0.188. The second kappa shape index (κ2) is 7.69. The van der Waals surface area contributed by atoms with Crippen LogP contribution in [0.3, 0.4) is 0 Å². The molecule has 0 radical (unpaired) electrons. The van der Waals surface area contributed by atoms with E-state index in [9.17, 15) is 4.79 Å². The van der Waals surface area contributed by atoms with E-state index in [1.165, 1.54) is 0 Å². The maximum absolute atomic E-state index is 12.0. The number of hydrogen-bond acceptors (Lipinski definition) is 1. The molecule has 0 saturated heterocycles. The third-order valence-corrected chi connectivity index (χ3v) is 3.88. The van der Waals surface area contributed by atoms with Crippen molar-refractivity contribution in [2.75, 3.05) is 5.88 Å². The summed E-state index contributed by atoms with van der Waals surface area (Å²) in [5.41, 5.74) is 1.89. The van der Waals surface area contributed by atoms with Gasteiger partial charge in [0.25, 0.3) is 0 Å². The highest BCUT2D eigenvalue weighted by atomic mass is 35.5. The summed E-state index contributed by atoms with van der Waals surface area (Å²) in [5.74, 6) is -0.190. The van der Waals surface area contributed by atoms with Gasteiger partial charge in [-0.3, -0.25) is 4.79 Å². The molecule has 0 atom stereocenters. The van der Waals surface area contributed by atoms with Gasteiger partial charge in [0.2, 0.25) is 5.91 Å². The van der Waals surface area contributed by atoms with Crippen molar-refractivity contribution in [3.63, 3.8) is 0 Å². The quantitative estimate of drug-likeness (QED) is 0.717. The van der Waals surface area contributed by atoms with Crippen molar-refractivity contribution in [3.05, 3.63) is 69.7 Å². The molecule has 0 aliphatic heterocycles. The van der Waals surface area contributed by atoms with Crippen molar-refractivity contribution in [3.8, 4) is 0 Å². The van der Waals surface area contributed by atoms with Crippen LogP contribution in [0.4, 0.5) is 0 Å². The second-order valence-corrected chi connectivity index (χ2v) is 5.72. The van der Waals surface area contributed by atoms with E-state index in [0.717, 1.165) is 11.1 Å². The van der Waals surface area contributed by atoms with Crippen LogP contribution in [0, 0.1) is 0 Å². The highest BCUT2D eigenvalue weighted by Crippen LogP contribution is 2.23. The standard InChI is InChI=1S/C16H14Cl3NO/c17-9-16(21)20(10-12-4-2-1-3-5-12)11-13-6-7-14(18)8-15(13)19/h1-8H,9-11H2. The summed E-state index contributed by atoms with van der Waals surface area (Å²) in [4.78, 5) is 13.7. The summed E-state index contributed by atoms with van der Waals surface area (Å²) in [5, 5.41) is 1.12. The molecule has 0 aliphatic rings. The Morgan fingerprint density at radius 3 is 2.33 bits per heavy atom. The number of carbonyl (C=O) groups is 1. The summed E-state index contributed by atoms with van der Waals surface area (Å²) < 4.78 is 0. The molecule has 2 aromatic rings. The fourth-order valence-corrected chi connectivity index (χ4v) is 2.61. The molecular weight excluding hydrogens is 329 g/mol. The lowest BCUT2D eigenvalue weighted by molar-refractivity contribution is -0.129. The molecule has 1 amide bonds. The maximum atomic E-state index is 12.0. The lowest BCUT2D eigenvalue weighted by Gasteiger charge is -2.22. The Balaban J connectivity index is 2.18. The zero-order valence-electron chi connectivity index (χ0n) is 11.2. The molecule has 2 aromatic carbocycles. The first-order valence-electron chi connectivity index (χ1n) is 6.41. The van der Waals surface area contributed by atoms with E-state index in [0.29, 0.717) is 23.1 Å². The third-order valence-electron chi connectivity index (χ3n) is 3.06. The van der Waals surface area contributed by atoms with Gasteiger partial charge < -0.3 is 4.90 Å². The van der Waals surface area contributed by atoms with E-state index in [-0.39, 0.29) is 11.8 Å². The lowest BCUT2D eigenvalue weighted by atomic mass is 10.1. The van der Waals surface area contributed by atoms with E-state index in [4.69, 9.17) is 34.8 Å². The largest absolute Gasteiger partial charge is 0.333 e. The molecular formula is C16H14Cl3NO. The number of carbonyl (C=O) groups excluding carboxylic acids is 1. The van der Waals surface area contributed by atoms with Gasteiger partial charge in [0.05, 0.1) is 0 Å². The first kappa shape index (κ1) is 16.2. The van der Waals surface area contributed by atoms with Crippen LogP contribution in [0.2, 0.25) is 10.0 Å². The molecule has 0 N–H and O–H groups in total. The van der Waals surface area contributed by atoms with Gasteiger partial charge in [-0.15, -0.1) is 11.6 Å². The normalized spacial score (nSPS) is 10.4. The van der Waals surface area contributed by atoms with E-state index >= 15 is 0 Å². The summed E-state index contributed by atoms with van der Waals surface area (Å²) in [6, 6.07) is 15.0. The Morgan fingerprint density at radius 2 is 1.71 bits per heavy atom. The Hall–Kier alpha value is -1.22. The molecule has 2 nitrogen and oxygen atoms in total. The summed E-state index contributed by atoms with van der Waals surface area (Å²) in [7, 11) is 0. The van der Waals surface area contributed by atoms with Gasteiger partial charge in [0, 0.05) is 23.1 Å². The predicted molar refractivity (Wildman–Crippen MR) is 87.9 cm³/mol. The molecule has 110 valence electrons. The van der Waals surface area contributed by atoms with Crippen molar-refractivity contribution in [2.24, 2.45) is 0 Å². The summed E-state index contributed by atoms with van der Waals surface area (Å²) in [6.07, 6.45) is 0. The smallest absolute Gasteiger partial charge is 0.238 e. The van der Waals surface area contributed by atoms with Gasteiger partial charge >= 0.3 is 0 Å². The molecule has 2 rings (SSSR count). The molecule has 21 heavy (non-hydrogen) atoms. The number of alkyl halides is 1. The first-order chi connectivity index (χ1) is 10.1. The van der Waals surface area contributed by atoms with Crippen LogP contribution in [0.25, 0.3) is 0 Å². The van der Waals surface area contributed by atoms with E-state index < -0.39 is 0 Å². The van der Waals surface area contributed by atoms with Crippen molar-refractivity contribution < 1.29 is 4.79 Å². The average Bonchev–Trinajstić information content (AvgIpc) is 2.49. The van der Waals surface area contributed by atoms with Crippen LogP contribution in [-0.2, 0) is 17.9 Å².